The van der Waals surface area contributed by atoms with E-state index in [0.29, 0.717) is 12.5 Å². The molecule has 0 atom stereocenters. The standard InChI is InChI=1S/C20H29N3OS.2ClH/c24-19(22-15-14-21-16-8-3-1-2-4-9-16)12-7-13-20-23-17-10-5-6-11-18(17)25-20;;/h5-6,10-11,16,21H,1-4,7-9,12-15H2,(H,22,24);2*1H. The van der Waals surface area contributed by atoms with Crippen molar-refractivity contribution in [3.05, 3.63) is 29.3 Å². The fourth-order valence-electron chi connectivity index (χ4n) is 3.48. The fourth-order valence-corrected chi connectivity index (χ4v) is 4.49. The number of thiazole rings is 1. The zero-order chi connectivity index (χ0) is 17.3. The number of carbonyl (C=O) groups is 1. The Morgan fingerprint density at radius 3 is 2.56 bits per heavy atom. The minimum atomic E-state index is 0. The van der Waals surface area contributed by atoms with Gasteiger partial charge in [-0.3, -0.25) is 4.79 Å². The van der Waals surface area contributed by atoms with E-state index in [9.17, 15) is 4.79 Å². The van der Waals surface area contributed by atoms with E-state index in [-0.39, 0.29) is 30.7 Å². The number of benzene rings is 1. The molecule has 1 aromatic heterocycles. The van der Waals surface area contributed by atoms with Gasteiger partial charge in [0.25, 0.3) is 0 Å². The van der Waals surface area contributed by atoms with Gasteiger partial charge < -0.3 is 10.6 Å². The number of amides is 1. The molecule has 152 valence electrons. The second-order valence-corrected chi connectivity index (χ2v) is 8.04. The normalized spacial score (nSPS) is 14.8. The molecule has 1 heterocycles. The van der Waals surface area contributed by atoms with Gasteiger partial charge in [-0.2, -0.15) is 0 Å². The Balaban J connectivity index is 0.00000182. The molecule has 1 saturated carbocycles. The number of carbonyl (C=O) groups excluding carboxylic acids is 1. The molecule has 0 unspecified atom stereocenters. The third-order valence-electron chi connectivity index (χ3n) is 4.87. The molecule has 4 nitrogen and oxygen atoms in total. The topological polar surface area (TPSA) is 54.0 Å². The van der Waals surface area contributed by atoms with Gasteiger partial charge in [0.2, 0.25) is 5.91 Å². The Labute approximate surface area is 178 Å². The fraction of sp³-hybridized carbons (Fsp3) is 0.600. The van der Waals surface area contributed by atoms with Crippen LogP contribution in [0, 0.1) is 0 Å². The number of nitrogens with zero attached hydrogens (tertiary/aromatic N) is 1. The molecule has 0 radical (unpaired) electrons. The summed E-state index contributed by atoms with van der Waals surface area (Å²) in [7, 11) is 0. The minimum absolute atomic E-state index is 0. The lowest BCUT2D eigenvalue weighted by Crippen LogP contribution is -2.36. The summed E-state index contributed by atoms with van der Waals surface area (Å²) in [5.41, 5.74) is 1.07. The lowest BCUT2D eigenvalue weighted by molar-refractivity contribution is -0.121. The number of hydrogen-bond acceptors (Lipinski definition) is 4. The molecule has 1 fully saturated rings. The van der Waals surface area contributed by atoms with E-state index < -0.39 is 0 Å². The van der Waals surface area contributed by atoms with Gasteiger partial charge in [-0.1, -0.05) is 37.8 Å². The van der Waals surface area contributed by atoms with Gasteiger partial charge in [0.05, 0.1) is 15.2 Å². The number of halogens is 2. The van der Waals surface area contributed by atoms with E-state index in [4.69, 9.17) is 0 Å². The van der Waals surface area contributed by atoms with Crippen LogP contribution in [0.2, 0.25) is 0 Å². The highest BCUT2D eigenvalue weighted by atomic mass is 35.5. The maximum atomic E-state index is 12.0. The molecular weight excluding hydrogens is 401 g/mol. The van der Waals surface area contributed by atoms with Crippen molar-refractivity contribution in [2.75, 3.05) is 13.1 Å². The molecule has 0 bridgehead atoms. The number of hydrogen-bond donors (Lipinski definition) is 2. The zero-order valence-corrected chi connectivity index (χ0v) is 18.2. The predicted octanol–water partition coefficient (Wildman–Crippen LogP) is 4.89. The molecule has 0 aliphatic heterocycles. The van der Waals surface area contributed by atoms with Crippen molar-refractivity contribution in [3.8, 4) is 0 Å². The van der Waals surface area contributed by atoms with Gasteiger partial charge in [0, 0.05) is 25.6 Å². The monoisotopic (exact) mass is 431 g/mol. The van der Waals surface area contributed by atoms with Crippen molar-refractivity contribution < 1.29 is 4.79 Å². The summed E-state index contributed by atoms with van der Waals surface area (Å²) < 4.78 is 1.23. The molecule has 1 aliphatic carbocycles. The molecule has 1 amide bonds. The van der Waals surface area contributed by atoms with Crippen LogP contribution in [-0.4, -0.2) is 30.0 Å². The number of rotatable bonds is 8. The lowest BCUT2D eigenvalue weighted by atomic mass is 10.1. The largest absolute Gasteiger partial charge is 0.355 e. The summed E-state index contributed by atoms with van der Waals surface area (Å²) in [6.07, 6.45) is 10.3. The molecular formula is C20H31Cl2N3OS. The van der Waals surface area contributed by atoms with Crippen molar-refractivity contribution in [3.63, 3.8) is 0 Å². The number of fused-ring (bicyclic) bond motifs is 1. The minimum Gasteiger partial charge on any atom is -0.355 e. The number of aryl methyl sites for hydroxylation is 1. The molecule has 3 rings (SSSR count). The van der Waals surface area contributed by atoms with Crippen LogP contribution in [-0.2, 0) is 11.2 Å². The second kappa shape index (κ2) is 13.3. The lowest BCUT2D eigenvalue weighted by Gasteiger charge is -2.16. The number of para-hydroxylation sites is 1. The van der Waals surface area contributed by atoms with Crippen molar-refractivity contribution in [1.29, 1.82) is 0 Å². The number of aromatic nitrogens is 1. The first-order valence-electron chi connectivity index (χ1n) is 9.66. The van der Waals surface area contributed by atoms with Gasteiger partial charge in [-0.15, -0.1) is 36.2 Å². The van der Waals surface area contributed by atoms with E-state index in [1.807, 2.05) is 18.2 Å². The molecule has 1 aliphatic rings. The molecule has 2 aromatic rings. The summed E-state index contributed by atoms with van der Waals surface area (Å²) in [4.78, 5) is 16.6. The van der Waals surface area contributed by atoms with E-state index >= 15 is 0 Å². The first-order chi connectivity index (χ1) is 12.3. The molecule has 1 aromatic carbocycles. The smallest absolute Gasteiger partial charge is 0.220 e. The van der Waals surface area contributed by atoms with Crippen LogP contribution in [0.5, 0.6) is 0 Å². The van der Waals surface area contributed by atoms with E-state index in [1.165, 1.54) is 43.2 Å². The summed E-state index contributed by atoms with van der Waals surface area (Å²) in [5.74, 6) is 0.156. The average molecular weight is 432 g/mol. The Morgan fingerprint density at radius 2 is 1.81 bits per heavy atom. The van der Waals surface area contributed by atoms with Gasteiger partial charge in [-0.25, -0.2) is 4.98 Å². The molecule has 27 heavy (non-hydrogen) atoms. The van der Waals surface area contributed by atoms with E-state index in [0.717, 1.165) is 36.5 Å². The maximum absolute atomic E-state index is 12.0. The van der Waals surface area contributed by atoms with E-state index in [1.54, 1.807) is 11.3 Å². The first-order valence-corrected chi connectivity index (χ1v) is 10.5. The van der Waals surface area contributed by atoms with Crippen LogP contribution in [0.4, 0.5) is 0 Å². The highest BCUT2D eigenvalue weighted by Gasteiger charge is 2.11. The molecule has 0 spiro atoms. The van der Waals surface area contributed by atoms with Crippen LogP contribution >= 0.6 is 36.2 Å². The zero-order valence-electron chi connectivity index (χ0n) is 15.7. The van der Waals surface area contributed by atoms with Gasteiger partial charge in [0.1, 0.15) is 0 Å². The van der Waals surface area contributed by atoms with Crippen molar-refractivity contribution in [1.82, 2.24) is 15.6 Å². The van der Waals surface area contributed by atoms with Gasteiger partial charge >= 0.3 is 0 Å². The predicted molar refractivity (Wildman–Crippen MR) is 120 cm³/mol. The third-order valence-corrected chi connectivity index (χ3v) is 5.96. The summed E-state index contributed by atoms with van der Waals surface area (Å²) >= 11 is 1.74. The molecule has 2 N–H and O–H groups in total. The van der Waals surface area contributed by atoms with Gasteiger partial charge in [-0.05, 0) is 37.8 Å². The summed E-state index contributed by atoms with van der Waals surface area (Å²) in [6, 6.07) is 8.86. The molecule has 0 saturated heterocycles. The average Bonchev–Trinajstić information content (AvgIpc) is 2.85. The van der Waals surface area contributed by atoms with Crippen LogP contribution < -0.4 is 10.6 Å². The Bertz CT molecular complexity index is 639. The summed E-state index contributed by atoms with van der Waals surface area (Å²) in [6.45, 7) is 1.62. The highest BCUT2D eigenvalue weighted by molar-refractivity contribution is 7.18. The van der Waals surface area contributed by atoms with Gasteiger partial charge in [0.15, 0.2) is 0 Å². The first kappa shape index (κ1) is 24.2. The Morgan fingerprint density at radius 1 is 1.07 bits per heavy atom. The van der Waals surface area contributed by atoms with Crippen molar-refractivity contribution in [2.24, 2.45) is 0 Å². The maximum Gasteiger partial charge on any atom is 0.220 e. The van der Waals surface area contributed by atoms with Crippen molar-refractivity contribution >= 4 is 52.3 Å². The Kier molecular flexibility index (Phi) is 11.9. The summed E-state index contributed by atoms with van der Waals surface area (Å²) in [5, 5.41) is 7.75. The highest BCUT2D eigenvalue weighted by Crippen LogP contribution is 2.22. The second-order valence-electron chi connectivity index (χ2n) is 6.92. The van der Waals surface area contributed by atoms with Crippen LogP contribution in [0.1, 0.15) is 56.4 Å². The SMILES string of the molecule is Cl.Cl.O=C(CCCc1nc2ccccc2s1)NCCNC1CCCCCC1. The quantitative estimate of drug-likeness (QED) is 0.461. The Hall–Kier alpha value is -0.880. The van der Waals surface area contributed by atoms with Crippen LogP contribution in [0.3, 0.4) is 0 Å². The molecule has 7 heteroatoms. The van der Waals surface area contributed by atoms with Crippen LogP contribution in [0.25, 0.3) is 10.2 Å². The van der Waals surface area contributed by atoms with Crippen molar-refractivity contribution in [2.45, 2.75) is 63.8 Å². The van der Waals surface area contributed by atoms with E-state index in [2.05, 4.69) is 21.7 Å². The number of nitrogens with one attached hydrogen (secondary N) is 2. The third kappa shape index (κ3) is 8.34. The van der Waals surface area contributed by atoms with Crippen LogP contribution in [0.15, 0.2) is 24.3 Å².